The topological polar surface area (TPSA) is 97.7 Å². The second kappa shape index (κ2) is 8.33. The number of hydrogen-bond acceptors (Lipinski definition) is 4. The van der Waals surface area contributed by atoms with Crippen molar-refractivity contribution < 1.29 is 9.84 Å². The molecule has 6 nitrogen and oxygen atoms in total. The van der Waals surface area contributed by atoms with Gasteiger partial charge in [-0.1, -0.05) is 26.0 Å². The van der Waals surface area contributed by atoms with Gasteiger partial charge in [0.15, 0.2) is 0 Å². The fourth-order valence-electron chi connectivity index (χ4n) is 4.50. The van der Waals surface area contributed by atoms with Gasteiger partial charge in [-0.15, -0.1) is 0 Å². The van der Waals surface area contributed by atoms with E-state index in [-0.39, 0.29) is 12.0 Å². The number of nitrogens with zero attached hydrogens (tertiary/aromatic N) is 2. The Hall–Kier alpha value is -2.88. The van der Waals surface area contributed by atoms with Crippen molar-refractivity contribution in [3.8, 4) is 17.5 Å². The molecule has 0 amide bonds. The highest BCUT2D eigenvalue weighted by atomic mass is 16.5. The van der Waals surface area contributed by atoms with Gasteiger partial charge in [0.2, 0.25) is 0 Å². The first kappa shape index (κ1) is 21.4. The SMILES string of the molecule is CCC(O)(CC)c1ccc2cc(-c3n[nH]c(/C=C(\C)C4OCCC4C#N)c3C)[nH]c2c1. The van der Waals surface area contributed by atoms with Crippen molar-refractivity contribution in [2.24, 2.45) is 5.92 Å². The molecule has 0 aliphatic carbocycles. The maximum Gasteiger partial charge on any atom is 0.112 e. The van der Waals surface area contributed by atoms with Gasteiger partial charge in [-0.2, -0.15) is 10.4 Å². The molecule has 2 unspecified atom stereocenters. The van der Waals surface area contributed by atoms with Crippen LogP contribution in [0.1, 0.15) is 56.9 Å². The zero-order chi connectivity index (χ0) is 22.2. The molecule has 4 rings (SSSR count). The molecular weight excluding hydrogens is 388 g/mol. The average Bonchev–Trinajstić information content (AvgIpc) is 3.51. The van der Waals surface area contributed by atoms with Crippen LogP contribution in [0.2, 0.25) is 0 Å². The summed E-state index contributed by atoms with van der Waals surface area (Å²) in [6.07, 6.45) is 4.01. The number of fused-ring (bicyclic) bond motifs is 1. The molecule has 162 valence electrons. The molecular formula is C25H30N4O2. The minimum Gasteiger partial charge on any atom is -0.385 e. The van der Waals surface area contributed by atoms with Crippen LogP contribution in [-0.2, 0) is 10.3 Å². The van der Waals surface area contributed by atoms with Crippen LogP contribution in [0.5, 0.6) is 0 Å². The highest BCUT2D eigenvalue weighted by Crippen LogP contribution is 2.33. The molecule has 1 aliphatic rings. The molecule has 2 aromatic heterocycles. The van der Waals surface area contributed by atoms with Gasteiger partial charge in [0.25, 0.3) is 0 Å². The molecule has 1 saturated heterocycles. The third kappa shape index (κ3) is 3.80. The van der Waals surface area contributed by atoms with Crippen LogP contribution >= 0.6 is 0 Å². The Kier molecular flexibility index (Phi) is 5.74. The lowest BCUT2D eigenvalue weighted by Crippen LogP contribution is -2.23. The second-order valence-electron chi connectivity index (χ2n) is 8.54. The molecule has 2 atom stereocenters. The molecule has 6 heteroatoms. The zero-order valence-electron chi connectivity index (χ0n) is 18.6. The number of aliphatic hydroxyl groups is 1. The van der Waals surface area contributed by atoms with Crippen LogP contribution in [0.25, 0.3) is 28.4 Å². The van der Waals surface area contributed by atoms with E-state index in [2.05, 4.69) is 27.3 Å². The highest BCUT2D eigenvalue weighted by molar-refractivity contribution is 5.86. The number of benzene rings is 1. The quantitative estimate of drug-likeness (QED) is 0.512. The van der Waals surface area contributed by atoms with E-state index in [0.29, 0.717) is 19.4 Å². The van der Waals surface area contributed by atoms with E-state index in [1.807, 2.05) is 52.0 Å². The third-order valence-electron chi connectivity index (χ3n) is 6.71. The zero-order valence-corrected chi connectivity index (χ0v) is 18.6. The van der Waals surface area contributed by atoms with Crippen molar-refractivity contribution in [3.05, 3.63) is 46.7 Å². The number of ether oxygens (including phenoxy) is 1. The van der Waals surface area contributed by atoms with Gasteiger partial charge < -0.3 is 14.8 Å². The summed E-state index contributed by atoms with van der Waals surface area (Å²) in [7, 11) is 0. The molecule has 0 bridgehead atoms. The lowest BCUT2D eigenvalue weighted by atomic mass is 9.88. The summed E-state index contributed by atoms with van der Waals surface area (Å²) in [5, 5.41) is 29.0. The predicted octanol–water partition coefficient (Wildman–Crippen LogP) is 5.21. The predicted molar refractivity (Wildman–Crippen MR) is 122 cm³/mol. The highest BCUT2D eigenvalue weighted by Gasteiger charge is 2.29. The number of H-pyrrole nitrogens is 2. The van der Waals surface area contributed by atoms with Gasteiger partial charge in [-0.3, -0.25) is 5.10 Å². The Morgan fingerprint density at radius 3 is 2.84 bits per heavy atom. The van der Waals surface area contributed by atoms with E-state index >= 15 is 0 Å². The van der Waals surface area contributed by atoms with Crippen molar-refractivity contribution in [3.63, 3.8) is 0 Å². The Morgan fingerprint density at radius 2 is 2.13 bits per heavy atom. The van der Waals surface area contributed by atoms with Crippen molar-refractivity contribution in [1.82, 2.24) is 15.2 Å². The second-order valence-corrected chi connectivity index (χ2v) is 8.54. The van der Waals surface area contributed by atoms with E-state index < -0.39 is 5.60 Å². The van der Waals surface area contributed by atoms with E-state index in [1.165, 1.54) is 0 Å². The fourth-order valence-corrected chi connectivity index (χ4v) is 4.50. The van der Waals surface area contributed by atoms with Crippen LogP contribution in [0.15, 0.2) is 29.8 Å². The van der Waals surface area contributed by atoms with Gasteiger partial charge in [0, 0.05) is 23.1 Å². The third-order valence-corrected chi connectivity index (χ3v) is 6.71. The molecule has 3 N–H and O–H groups in total. The summed E-state index contributed by atoms with van der Waals surface area (Å²) in [5.74, 6) is -0.0910. The van der Waals surface area contributed by atoms with E-state index in [4.69, 9.17) is 4.74 Å². The Bertz CT molecular complexity index is 1160. The van der Waals surface area contributed by atoms with Crippen LogP contribution in [0, 0.1) is 24.2 Å². The molecule has 1 fully saturated rings. The van der Waals surface area contributed by atoms with Gasteiger partial charge in [0.1, 0.15) is 5.69 Å². The van der Waals surface area contributed by atoms with Crippen molar-refractivity contribution in [2.75, 3.05) is 6.61 Å². The largest absolute Gasteiger partial charge is 0.385 e. The number of nitriles is 1. The van der Waals surface area contributed by atoms with Crippen LogP contribution in [0.4, 0.5) is 0 Å². The van der Waals surface area contributed by atoms with Gasteiger partial charge in [-0.25, -0.2) is 0 Å². The maximum absolute atomic E-state index is 10.9. The normalized spacial score (nSPS) is 19.8. The summed E-state index contributed by atoms with van der Waals surface area (Å²) in [5.41, 5.74) is 5.90. The smallest absolute Gasteiger partial charge is 0.112 e. The van der Waals surface area contributed by atoms with Gasteiger partial charge in [-0.05, 0) is 62.5 Å². The molecule has 3 aromatic rings. The monoisotopic (exact) mass is 418 g/mol. The van der Waals surface area contributed by atoms with Crippen LogP contribution in [-0.4, -0.2) is 33.0 Å². The standard InChI is InChI=1S/C25H30N4O2/c1-5-25(30,6-2)19-8-7-17-12-22(27-21(17)13-19)23-16(4)20(28-29-23)11-15(3)24-18(14-26)9-10-31-24/h7-8,11-13,18,24,27,30H,5-6,9-10H2,1-4H3,(H,28,29)/b15-11+. The number of rotatable bonds is 6. The number of aromatic amines is 2. The van der Waals surface area contributed by atoms with Crippen molar-refractivity contribution in [1.29, 1.82) is 5.26 Å². The number of nitrogens with one attached hydrogen (secondary N) is 2. The molecule has 31 heavy (non-hydrogen) atoms. The first-order chi connectivity index (χ1) is 14.9. The van der Waals surface area contributed by atoms with E-state index in [9.17, 15) is 10.4 Å². The minimum atomic E-state index is -0.805. The molecule has 1 aliphatic heterocycles. The number of hydrogen-bond donors (Lipinski definition) is 3. The Balaban J connectivity index is 1.66. The summed E-state index contributed by atoms with van der Waals surface area (Å²) in [4.78, 5) is 3.47. The minimum absolute atomic E-state index is 0.0910. The molecule has 0 saturated carbocycles. The lowest BCUT2D eigenvalue weighted by molar-refractivity contribution is 0.0285. The Labute approximate surface area is 182 Å². The maximum atomic E-state index is 10.9. The van der Waals surface area contributed by atoms with Crippen LogP contribution in [0.3, 0.4) is 0 Å². The van der Waals surface area contributed by atoms with E-state index in [1.54, 1.807) is 0 Å². The average molecular weight is 419 g/mol. The van der Waals surface area contributed by atoms with Gasteiger partial charge in [0.05, 0.1) is 35.1 Å². The fraction of sp³-hybridized carbons (Fsp3) is 0.440. The molecule has 0 radical (unpaired) electrons. The molecule has 0 spiro atoms. The van der Waals surface area contributed by atoms with Crippen molar-refractivity contribution >= 4 is 17.0 Å². The van der Waals surface area contributed by atoms with Gasteiger partial charge >= 0.3 is 0 Å². The van der Waals surface area contributed by atoms with Crippen LogP contribution < -0.4 is 0 Å². The summed E-state index contributed by atoms with van der Waals surface area (Å²) < 4.78 is 5.77. The van der Waals surface area contributed by atoms with E-state index in [0.717, 1.165) is 51.1 Å². The number of aromatic nitrogens is 3. The lowest BCUT2D eigenvalue weighted by Gasteiger charge is -2.25. The summed E-state index contributed by atoms with van der Waals surface area (Å²) in [6.45, 7) is 8.69. The summed E-state index contributed by atoms with van der Waals surface area (Å²) in [6, 6.07) is 10.5. The first-order valence-corrected chi connectivity index (χ1v) is 11.0. The molecule has 3 heterocycles. The first-order valence-electron chi connectivity index (χ1n) is 11.0. The summed E-state index contributed by atoms with van der Waals surface area (Å²) >= 11 is 0. The molecule has 1 aromatic carbocycles. The Morgan fingerprint density at radius 1 is 1.35 bits per heavy atom. The van der Waals surface area contributed by atoms with Crippen molar-refractivity contribution in [2.45, 2.75) is 58.7 Å².